The van der Waals surface area contributed by atoms with Crippen molar-refractivity contribution in [2.24, 2.45) is 4.99 Å². The van der Waals surface area contributed by atoms with E-state index in [1.54, 1.807) is 20.1 Å². The third-order valence-electron chi connectivity index (χ3n) is 4.09. The molecule has 0 bridgehead atoms. The number of benzene rings is 1. The molecule has 1 atom stereocenters. The molecule has 0 saturated carbocycles. The van der Waals surface area contributed by atoms with Gasteiger partial charge in [0.1, 0.15) is 29.5 Å². The average molecular weight is 517 g/mol. The number of nitrogens with one attached hydrogen (secondary N) is 2. The summed E-state index contributed by atoms with van der Waals surface area (Å²) >= 11 is 0. The first-order valence-electron chi connectivity index (χ1n) is 9.46. The first-order chi connectivity index (χ1) is 13.4. The lowest BCUT2D eigenvalue weighted by Crippen LogP contribution is -2.44. The molecule has 162 valence electrons. The molecule has 1 unspecified atom stereocenters. The number of hydrogen-bond acceptors (Lipinski definition) is 5. The van der Waals surface area contributed by atoms with E-state index in [4.69, 9.17) is 13.9 Å². The number of furan rings is 1. The maximum Gasteiger partial charge on any atom is 0.191 e. The Labute approximate surface area is 189 Å². The van der Waals surface area contributed by atoms with Crippen molar-refractivity contribution < 1.29 is 19.0 Å². The second-order valence-electron chi connectivity index (χ2n) is 6.72. The highest BCUT2D eigenvalue weighted by Crippen LogP contribution is 2.22. The van der Waals surface area contributed by atoms with Crippen LogP contribution in [-0.4, -0.2) is 44.5 Å². The molecule has 7 nitrogen and oxygen atoms in total. The van der Waals surface area contributed by atoms with Crippen LogP contribution in [0.25, 0.3) is 0 Å². The Bertz CT molecular complexity index is 762. The third-order valence-corrected chi connectivity index (χ3v) is 4.09. The van der Waals surface area contributed by atoms with Crippen molar-refractivity contribution in [2.75, 3.05) is 33.4 Å². The number of aliphatic imine (C=N–C) groups is 1. The van der Waals surface area contributed by atoms with Gasteiger partial charge in [-0.3, -0.25) is 0 Å². The van der Waals surface area contributed by atoms with Crippen molar-refractivity contribution in [1.29, 1.82) is 0 Å². The number of halogens is 1. The van der Waals surface area contributed by atoms with E-state index in [-0.39, 0.29) is 30.5 Å². The van der Waals surface area contributed by atoms with Gasteiger partial charge in [-0.1, -0.05) is 12.1 Å². The van der Waals surface area contributed by atoms with Gasteiger partial charge in [0.2, 0.25) is 0 Å². The predicted octanol–water partition coefficient (Wildman–Crippen LogP) is 3.19. The quantitative estimate of drug-likeness (QED) is 0.194. The summed E-state index contributed by atoms with van der Waals surface area (Å²) in [5.74, 6) is 2.70. The summed E-state index contributed by atoms with van der Waals surface area (Å²) in [5.41, 5.74) is -0.111. The normalized spacial score (nSPS) is 13.3. The van der Waals surface area contributed by atoms with Gasteiger partial charge in [0.15, 0.2) is 5.96 Å². The fourth-order valence-corrected chi connectivity index (χ4v) is 2.56. The number of methoxy groups -OCH3 is 1. The van der Waals surface area contributed by atoms with Gasteiger partial charge in [-0.25, -0.2) is 4.99 Å². The minimum absolute atomic E-state index is 0. The molecule has 0 fully saturated rings. The second-order valence-corrected chi connectivity index (χ2v) is 6.72. The second kappa shape index (κ2) is 12.7. The number of guanidine groups is 1. The Morgan fingerprint density at radius 1 is 1.21 bits per heavy atom. The first-order valence-corrected chi connectivity index (χ1v) is 9.46. The van der Waals surface area contributed by atoms with Crippen molar-refractivity contribution in [2.45, 2.75) is 32.9 Å². The number of rotatable bonds is 10. The molecule has 8 heteroatoms. The maximum atomic E-state index is 10.7. The largest absolute Gasteiger partial charge is 0.491 e. The van der Waals surface area contributed by atoms with Crippen molar-refractivity contribution in [3.63, 3.8) is 0 Å². The molecule has 0 aliphatic carbocycles. The monoisotopic (exact) mass is 517 g/mol. The Kier molecular flexibility index (Phi) is 11.1. The Balaban J connectivity index is 0.00000420. The van der Waals surface area contributed by atoms with Gasteiger partial charge in [0, 0.05) is 13.7 Å². The van der Waals surface area contributed by atoms with E-state index >= 15 is 0 Å². The summed E-state index contributed by atoms with van der Waals surface area (Å²) < 4.78 is 16.2. The fourth-order valence-electron chi connectivity index (χ4n) is 2.56. The van der Waals surface area contributed by atoms with Crippen LogP contribution in [0.4, 0.5) is 0 Å². The number of aryl methyl sites for hydroxylation is 1. The van der Waals surface area contributed by atoms with Gasteiger partial charge < -0.3 is 29.6 Å². The smallest absolute Gasteiger partial charge is 0.191 e. The van der Waals surface area contributed by atoms with Gasteiger partial charge in [-0.15, -0.1) is 24.0 Å². The zero-order chi connectivity index (χ0) is 20.4. The topological polar surface area (TPSA) is 88.3 Å². The molecule has 1 aromatic carbocycles. The molecule has 2 rings (SSSR count). The number of ether oxygens (including phenoxy) is 2. The molecule has 1 aromatic heterocycles. The van der Waals surface area contributed by atoms with Crippen LogP contribution >= 0.6 is 24.0 Å². The minimum Gasteiger partial charge on any atom is -0.491 e. The molecule has 0 amide bonds. The fraction of sp³-hybridized carbons (Fsp3) is 0.476. The van der Waals surface area contributed by atoms with E-state index in [1.807, 2.05) is 44.2 Å². The van der Waals surface area contributed by atoms with Crippen LogP contribution in [0.15, 0.2) is 45.8 Å². The van der Waals surface area contributed by atoms with Gasteiger partial charge in [-0.2, -0.15) is 0 Å². The summed E-state index contributed by atoms with van der Waals surface area (Å²) in [6, 6.07) is 11.4. The van der Waals surface area contributed by atoms with E-state index < -0.39 is 5.60 Å². The van der Waals surface area contributed by atoms with Gasteiger partial charge in [0.25, 0.3) is 0 Å². The molecule has 0 aliphatic rings. The van der Waals surface area contributed by atoms with Crippen LogP contribution in [0.1, 0.15) is 30.9 Å². The van der Waals surface area contributed by atoms with Crippen LogP contribution in [0, 0.1) is 6.92 Å². The zero-order valence-electron chi connectivity index (χ0n) is 17.5. The highest BCUT2D eigenvalue weighted by molar-refractivity contribution is 14.0. The highest BCUT2D eigenvalue weighted by atomic mass is 127. The Morgan fingerprint density at radius 3 is 2.66 bits per heavy atom. The highest BCUT2D eigenvalue weighted by Gasteiger charge is 2.27. The Hall–Kier alpha value is -1.78. The molecular formula is C21H32IN3O4. The maximum absolute atomic E-state index is 10.7. The first kappa shape index (κ1) is 25.3. The molecule has 3 N–H and O–H groups in total. The van der Waals surface area contributed by atoms with Crippen molar-refractivity contribution in [1.82, 2.24) is 10.6 Å². The van der Waals surface area contributed by atoms with E-state index in [1.165, 1.54) is 0 Å². The number of hydrogen-bond donors (Lipinski definition) is 3. The van der Waals surface area contributed by atoms with Gasteiger partial charge in [-0.05, 0) is 50.6 Å². The van der Waals surface area contributed by atoms with Crippen LogP contribution in [0.2, 0.25) is 0 Å². The van der Waals surface area contributed by atoms with E-state index in [2.05, 4.69) is 15.6 Å². The van der Waals surface area contributed by atoms with E-state index in [9.17, 15) is 5.11 Å². The lowest BCUT2D eigenvalue weighted by molar-refractivity contribution is 0.0378. The molecule has 0 radical (unpaired) electrons. The predicted molar refractivity (Wildman–Crippen MR) is 125 cm³/mol. The van der Waals surface area contributed by atoms with Crippen molar-refractivity contribution in [3.8, 4) is 5.75 Å². The standard InChI is InChI=1S/C21H31N3O4.HI/c1-5-22-20(24-15-21(3,25)19-10-9-16(2)28-19)23-14-17-7-6-8-18(13-17)27-12-11-26-4;/h6-10,13,25H,5,11-12,14-15H2,1-4H3,(H2,22,23,24);1H. The minimum atomic E-state index is -1.14. The zero-order valence-corrected chi connectivity index (χ0v) is 19.9. The SMILES string of the molecule is CCNC(=NCc1cccc(OCCOC)c1)NCC(C)(O)c1ccc(C)o1.I. The van der Waals surface area contributed by atoms with E-state index in [0.29, 0.717) is 38.0 Å². The molecule has 0 saturated heterocycles. The molecular weight excluding hydrogens is 485 g/mol. The summed E-state index contributed by atoms with van der Waals surface area (Å²) in [4.78, 5) is 4.60. The number of nitrogens with zero attached hydrogens (tertiary/aromatic N) is 1. The molecule has 0 aliphatic heterocycles. The number of aliphatic hydroxyl groups is 1. The average Bonchev–Trinajstić information content (AvgIpc) is 3.12. The molecule has 1 heterocycles. The summed E-state index contributed by atoms with van der Waals surface area (Å²) in [6.07, 6.45) is 0. The van der Waals surface area contributed by atoms with Crippen LogP contribution in [0.3, 0.4) is 0 Å². The van der Waals surface area contributed by atoms with Gasteiger partial charge in [0.05, 0.1) is 19.7 Å². The van der Waals surface area contributed by atoms with Crippen molar-refractivity contribution >= 4 is 29.9 Å². The summed E-state index contributed by atoms with van der Waals surface area (Å²) in [7, 11) is 1.65. The third kappa shape index (κ3) is 8.63. The lowest BCUT2D eigenvalue weighted by Gasteiger charge is -2.22. The molecule has 0 spiro atoms. The summed E-state index contributed by atoms with van der Waals surface area (Å²) in [5, 5.41) is 17.0. The van der Waals surface area contributed by atoms with Crippen LogP contribution in [-0.2, 0) is 16.9 Å². The molecule has 2 aromatic rings. The van der Waals surface area contributed by atoms with Crippen molar-refractivity contribution in [3.05, 3.63) is 53.5 Å². The van der Waals surface area contributed by atoms with Crippen LogP contribution < -0.4 is 15.4 Å². The van der Waals surface area contributed by atoms with E-state index in [0.717, 1.165) is 17.1 Å². The van der Waals surface area contributed by atoms with Crippen LogP contribution in [0.5, 0.6) is 5.75 Å². The summed E-state index contributed by atoms with van der Waals surface area (Å²) in [6.45, 7) is 8.09. The Morgan fingerprint density at radius 2 is 2.00 bits per heavy atom. The lowest BCUT2D eigenvalue weighted by atomic mass is 10.0. The van der Waals surface area contributed by atoms with Gasteiger partial charge >= 0.3 is 0 Å². The molecule has 29 heavy (non-hydrogen) atoms.